The van der Waals surface area contributed by atoms with Crippen LogP contribution in [0.2, 0.25) is 5.02 Å². The van der Waals surface area contributed by atoms with Gasteiger partial charge in [0.05, 0.1) is 5.69 Å². The maximum absolute atomic E-state index is 14.2. The van der Waals surface area contributed by atoms with Crippen LogP contribution in [0.1, 0.15) is 27.7 Å². The minimum Gasteiger partial charge on any atom is -0.359 e. The van der Waals surface area contributed by atoms with Crippen molar-refractivity contribution in [3.8, 4) is 0 Å². The van der Waals surface area contributed by atoms with Crippen LogP contribution in [-0.2, 0) is 6.54 Å². The quantitative estimate of drug-likeness (QED) is 0.654. The topological polar surface area (TPSA) is 32.3 Å². The van der Waals surface area contributed by atoms with Crippen molar-refractivity contribution in [2.24, 2.45) is 0 Å². The Morgan fingerprint density at radius 1 is 1.00 bits per heavy atom. The molecule has 0 fully saturated rings. The Kier molecular flexibility index (Phi) is 4.54. The molecule has 4 rings (SSSR count). The summed E-state index contributed by atoms with van der Waals surface area (Å²) in [6.07, 6.45) is -0.593. The van der Waals surface area contributed by atoms with Crippen LogP contribution in [0.4, 0.5) is 14.5 Å². The molecule has 1 amide bonds. The number of carbonyl (C=O) groups excluding carboxylic acids is 1. The van der Waals surface area contributed by atoms with Gasteiger partial charge in [0.1, 0.15) is 17.8 Å². The second-order valence-electron chi connectivity index (χ2n) is 6.28. The summed E-state index contributed by atoms with van der Waals surface area (Å²) in [6.45, 7) is 0.258. The first-order valence-corrected chi connectivity index (χ1v) is 8.77. The van der Waals surface area contributed by atoms with Gasteiger partial charge in [-0.05, 0) is 29.8 Å². The van der Waals surface area contributed by atoms with Crippen molar-refractivity contribution in [2.75, 3.05) is 5.32 Å². The highest BCUT2D eigenvalue weighted by atomic mass is 35.5. The Hall–Kier alpha value is -2.92. The largest absolute Gasteiger partial charge is 0.359 e. The van der Waals surface area contributed by atoms with Crippen LogP contribution in [0.5, 0.6) is 0 Å². The van der Waals surface area contributed by atoms with E-state index < -0.39 is 17.8 Å². The van der Waals surface area contributed by atoms with Crippen molar-refractivity contribution in [2.45, 2.75) is 12.7 Å². The van der Waals surface area contributed by atoms with Crippen LogP contribution >= 0.6 is 11.6 Å². The van der Waals surface area contributed by atoms with Crippen molar-refractivity contribution >= 4 is 23.2 Å². The van der Waals surface area contributed by atoms with Crippen molar-refractivity contribution in [1.29, 1.82) is 0 Å². The van der Waals surface area contributed by atoms with Crippen molar-refractivity contribution in [1.82, 2.24) is 4.90 Å². The first-order chi connectivity index (χ1) is 13.0. The maximum atomic E-state index is 14.2. The lowest BCUT2D eigenvalue weighted by atomic mass is 10.1. The number of nitrogens with zero attached hydrogens (tertiary/aromatic N) is 1. The molecule has 3 nitrogen and oxygen atoms in total. The normalized spacial score (nSPS) is 15.7. The van der Waals surface area contributed by atoms with Gasteiger partial charge in [-0.15, -0.1) is 0 Å². The van der Waals surface area contributed by atoms with Crippen molar-refractivity contribution in [3.63, 3.8) is 0 Å². The predicted octanol–water partition coefficient (Wildman–Crippen LogP) is 5.38. The lowest BCUT2D eigenvalue weighted by molar-refractivity contribution is 0.0728. The molecule has 1 N–H and O–H groups in total. The highest BCUT2D eigenvalue weighted by molar-refractivity contribution is 6.31. The SMILES string of the molecule is O=C1c2ccccc2C(Nc2ccc(F)cc2F)N1Cc1ccccc1Cl. The summed E-state index contributed by atoms with van der Waals surface area (Å²) >= 11 is 6.25. The fourth-order valence-corrected chi connectivity index (χ4v) is 3.45. The molecule has 1 aliphatic rings. The Bertz CT molecular complexity index is 1020. The van der Waals surface area contributed by atoms with Gasteiger partial charge in [0.15, 0.2) is 0 Å². The molecule has 6 heteroatoms. The second-order valence-corrected chi connectivity index (χ2v) is 6.69. The average molecular weight is 385 g/mol. The molecule has 0 aromatic heterocycles. The lowest BCUT2D eigenvalue weighted by Gasteiger charge is -2.27. The minimum atomic E-state index is -0.718. The highest BCUT2D eigenvalue weighted by Gasteiger charge is 2.37. The number of anilines is 1. The number of amides is 1. The average Bonchev–Trinajstić information content (AvgIpc) is 2.92. The molecule has 3 aromatic carbocycles. The number of fused-ring (bicyclic) bond motifs is 1. The molecule has 0 aliphatic carbocycles. The zero-order chi connectivity index (χ0) is 19.0. The molecule has 27 heavy (non-hydrogen) atoms. The van der Waals surface area contributed by atoms with Gasteiger partial charge >= 0.3 is 0 Å². The van der Waals surface area contributed by atoms with Crippen LogP contribution < -0.4 is 5.32 Å². The second kappa shape index (κ2) is 7.00. The molecule has 0 bridgehead atoms. The van der Waals surface area contributed by atoms with Gasteiger partial charge in [-0.25, -0.2) is 8.78 Å². The number of rotatable bonds is 4. The summed E-state index contributed by atoms with van der Waals surface area (Å²) in [5, 5.41) is 3.58. The van der Waals surface area contributed by atoms with E-state index in [1.165, 1.54) is 12.1 Å². The van der Waals surface area contributed by atoms with Gasteiger partial charge in [-0.1, -0.05) is 48.0 Å². The molecule has 0 saturated heterocycles. The number of nitrogens with one attached hydrogen (secondary N) is 1. The van der Waals surface area contributed by atoms with Crippen molar-refractivity contribution in [3.05, 3.63) is 100 Å². The molecule has 1 unspecified atom stereocenters. The Balaban J connectivity index is 1.72. The smallest absolute Gasteiger partial charge is 0.256 e. The van der Waals surface area contributed by atoms with E-state index in [0.29, 0.717) is 10.6 Å². The summed E-state index contributed by atoms with van der Waals surface area (Å²) in [7, 11) is 0. The molecule has 1 aliphatic heterocycles. The minimum absolute atomic E-state index is 0.120. The zero-order valence-corrected chi connectivity index (χ0v) is 14.9. The van der Waals surface area contributed by atoms with Gasteiger partial charge in [-0.3, -0.25) is 4.79 Å². The van der Waals surface area contributed by atoms with Crippen LogP contribution in [0, 0.1) is 11.6 Å². The molecule has 1 heterocycles. The van der Waals surface area contributed by atoms with Crippen LogP contribution in [0.15, 0.2) is 66.7 Å². The van der Waals surface area contributed by atoms with E-state index in [0.717, 1.165) is 17.2 Å². The van der Waals surface area contributed by atoms with Gasteiger partial charge in [0, 0.05) is 28.8 Å². The van der Waals surface area contributed by atoms with E-state index in [4.69, 9.17) is 11.6 Å². The number of hydrogen-bond donors (Lipinski definition) is 1. The molecule has 0 saturated carbocycles. The first-order valence-electron chi connectivity index (χ1n) is 8.39. The molecule has 3 aromatic rings. The third-order valence-corrected chi connectivity index (χ3v) is 4.95. The standard InChI is InChI=1S/C21H15ClF2N2O/c22-17-8-4-1-5-13(17)12-26-20(15-6-2-3-7-16(15)21(26)27)25-19-10-9-14(23)11-18(19)24/h1-11,20,25H,12H2. The number of halogens is 3. The van der Waals surface area contributed by atoms with E-state index in [1.54, 1.807) is 23.1 Å². The Labute approximate surface area is 160 Å². The van der Waals surface area contributed by atoms with Gasteiger partial charge < -0.3 is 10.2 Å². The molecule has 136 valence electrons. The number of hydrogen-bond acceptors (Lipinski definition) is 2. The van der Waals surface area contributed by atoms with Gasteiger partial charge in [0.25, 0.3) is 5.91 Å². The third-order valence-electron chi connectivity index (χ3n) is 4.58. The van der Waals surface area contributed by atoms with E-state index in [9.17, 15) is 13.6 Å². The Morgan fingerprint density at radius 2 is 1.74 bits per heavy atom. The monoisotopic (exact) mass is 384 g/mol. The first kappa shape index (κ1) is 17.5. The van der Waals surface area contributed by atoms with Crippen LogP contribution in [0.3, 0.4) is 0 Å². The summed E-state index contributed by atoms with van der Waals surface area (Å²) in [5.74, 6) is -1.55. The van der Waals surface area contributed by atoms with E-state index in [-0.39, 0.29) is 18.1 Å². The van der Waals surface area contributed by atoms with Gasteiger partial charge in [-0.2, -0.15) is 0 Å². The van der Waals surface area contributed by atoms with Crippen LogP contribution in [0.25, 0.3) is 0 Å². The fourth-order valence-electron chi connectivity index (χ4n) is 3.25. The summed E-state index contributed by atoms with van der Waals surface area (Å²) < 4.78 is 27.4. The molecule has 0 radical (unpaired) electrons. The maximum Gasteiger partial charge on any atom is 0.256 e. The molecule has 0 spiro atoms. The molecular weight excluding hydrogens is 370 g/mol. The highest BCUT2D eigenvalue weighted by Crippen LogP contribution is 2.36. The van der Waals surface area contributed by atoms with E-state index in [1.807, 2.05) is 30.3 Å². The molecule has 1 atom stereocenters. The van der Waals surface area contributed by atoms with Gasteiger partial charge in [0.2, 0.25) is 0 Å². The lowest BCUT2D eigenvalue weighted by Crippen LogP contribution is -2.32. The van der Waals surface area contributed by atoms with Crippen LogP contribution in [-0.4, -0.2) is 10.8 Å². The fraction of sp³-hybridized carbons (Fsp3) is 0.0952. The van der Waals surface area contributed by atoms with Crippen molar-refractivity contribution < 1.29 is 13.6 Å². The molecular formula is C21H15ClF2N2O. The van der Waals surface area contributed by atoms with E-state index >= 15 is 0 Å². The number of benzene rings is 3. The predicted molar refractivity (Wildman–Crippen MR) is 100 cm³/mol. The summed E-state index contributed by atoms with van der Waals surface area (Å²) in [6, 6.07) is 17.7. The summed E-state index contributed by atoms with van der Waals surface area (Å²) in [4.78, 5) is 14.5. The van der Waals surface area contributed by atoms with E-state index in [2.05, 4.69) is 5.32 Å². The third kappa shape index (κ3) is 3.26. The zero-order valence-electron chi connectivity index (χ0n) is 14.1. The summed E-state index contributed by atoms with van der Waals surface area (Å²) in [5.41, 5.74) is 2.18. The Morgan fingerprint density at radius 3 is 2.52 bits per heavy atom. The number of carbonyl (C=O) groups is 1.